The third kappa shape index (κ3) is 19.2. The smallest absolute Gasteiger partial charge is 0.275 e. The van der Waals surface area contributed by atoms with Crippen molar-refractivity contribution >= 4 is 52.3 Å². The fraction of sp³-hybridized carbons (Fsp3) is 0.574. The minimum absolute atomic E-state index is 0.00777. The van der Waals surface area contributed by atoms with Crippen LogP contribution in [0.25, 0.3) is 0 Å². The Morgan fingerprint density at radius 3 is 1.74 bits per heavy atom. The number of aryl methyl sites for hydroxylation is 1. The van der Waals surface area contributed by atoms with E-state index >= 15 is 0 Å². The van der Waals surface area contributed by atoms with Crippen LogP contribution in [-0.4, -0.2) is 180 Å². The van der Waals surface area contributed by atoms with Crippen molar-refractivity contribution in [2.45, 2.75) is 31.7 Å². The summed E-state index contributed by atoms with van der Waals surface area (Å²) in [6, 6.07) is 13.4. The van der Waals surface area contributed by atoms with Crippen LogP contribution in [0.4, 0.5) is 11.4 Å². The number of fused-ring (bicyclic) bond motifs is 1. The number of hydrogen-bond donors (Lipinski definition) is 2. The summed E-state index contributed by atoms with van der Waals surface area (Å²) < 4.78 is 45.3. The highest BCUT2D eigenvalue weighted by Crippen LogP contribution is 2.41. The van der Waals surface area contributed by atoms with E-state index in [2.05, 4.69) is 26.6 Å². The maximum atomic E-state index is 14.0. The van der Waals surface area contributed by atoms with Crippen molar-refractivity contribution in [3.05, 3.63) is 76.0 Å². The topological polar surface area (TPSA) is 168 Å². The maximum Gasteiger partial charge on any atom is 0.275 e. The summed E-state index contributed by atoms with van der Waals surface area (Å²) in [6.07, 6.45) is 5.98. The summed E-state index contributed by atoms with van der Waals surface area (Å²) in [5.74, 6) is 0.247. The Morgan fingerprint density at radius 1 is 0.667 bits per heavy atom. The molecule has 0 atom stereocenters. The van der Waals surface area contributed by atoms with Crippen LogP contribution in [0.15, 0.2) is 54.9 Å². The Hall–Kier alpha value is -4.14. The summed E-state index contributed by atoms with van der Waals surface area (Å²) in [7, 11) is 5.91. The quantitative estimate of drug-likeness (QED) is 0.0632. The van der Waals surface area contributed by atoms with Crippen LogP contribution in [0, 0.1) is 0 Å². The summed E-state index contributed by atoms with van der Waals surface area (Å²) in [5.41, 5.74) is 2.93. The molecule has 3 aromatic rings. The molecule has 3 amide bonds. The lowest BCUT2D eigenvalue weighted by Gasteiger charge is -2.38. The number of aromatic nitrogens is 1. The summed E-state index contributed by atoms with van der Waals surface area (Å²) >= 11 is 13.3. The van der Waals surface area contributed by atoms with E-state index < -0.39 is 0 Å². The first-order chi connectivity index (χ1) is 32.0. The molecule has 2 heterocycles. The van der Waals surface area contributed by atoms with Crippen molar-refractivity contribution in [2.75, 3.05) is 156 Å². The van der Waals surface area contributed by atoms with E-state index in [0.29, 0.717) is 163 Å². The first kappa shape index (κ1) is 52.8. The zero-order valence-corrected chi connectivity index (χ0v) is 40.1. The summed E-state index contributed by atoms with van der Waals surface area (Å²) in [5, 5.41) is 6.38. The highest BCUT2D eigenvalue weighted by atomic mass is 35.5. The molecule has 5 rings (SSSR count). The number of carbonyl (C=O) groups is 3. The number of nitrogens with zero attached hydrogens (tertiary/aromatic N) is 4. The molecule has 2 N–H and O–H groups in total. The lowest BCUT2D eigenvalue weighted by atomic mass is 10.1. The summed E-state index contributed by atoms with van der Waals surface area (Å²) in [4.78, 5) is 46.7. The van der Waals surface area contributed by atoms with Gasteiger partial charge in [0, 0.05) is 62.1 Å². The van der Waals surface area contributed by atoms with E-state index in [-0.39, 0.29) is 29.9 Å². The molecule has 1 fully saturated rings. The molecular formula is C47H67Cl2N6O11+. The van der Waals surface area contributed by atoms with E-state index in [1.807, 2.05) is 39.3 Å². The van der Waals surface area contributed by atoms with Gasteiger partial charge < -0.3 is 62.8 Å². The minimum atomic E-state index is -0.213. The van der Waals surface area contributed by atoms with Crippen molar-refractivity contribution in [3.8, 4) is 11.5 Å². The van der Waals surface area contributed by atoms with Gasteiger partial charge in [-0.3, -0.25) is 19.4 Å². The number of carbonyl (C=O) groups excluding carboxylic acids is 3. The van der Waals surface area contributed by atoms with Gasteiger partial charge in [-0.1, -0.05) is 35.3 Å². The molecule has 0 spiro atoms. The Kier molecular flexibility index (Phi) is 23.1. The van der Waals surface area contributed by atoms with Crippen LogP contribution in [0.2, 0.25) is 10.0 Å². The molecule has 364 valence electrons. The number of benzene rings is 2. The van der Waals surface area contributed by atoms with Gasteiger partial charge in [0.2, 0.25) is 5.91 Å². The zero-order chi connectivity index (χ0) is 47.0. The lowest BCUT2D eigenvalue weighted by molar-refractivity contribution is -0.862. The largest absolute Gasteiger partial charge is 0.455 e. The van der Waals surface area contributed by atoms with Crippen molar-refractivity contribution in [1.29, 1.82) is 0 Å². The molecule has 2 aromatic carbocycles. The van der Waals surface area contributed by atoms with Gasteiger partial charge in [-0.15, -0.1) is 0 Å². The molecule has 0 saturated heterocycles. The number of hydrogen-bond acceptors (Lipinski definition) is 13. The SMILES string of the molecule is C[N+](C)(C)CC(=O)NCCOCCOCCOCCOCCOCCOCCOCCNC(=O)CCc1cc(Cl)c(Oc2ccncc2C(=O)N2CCN(C3CC3)c3ccccc32)cc1Cl. The predicted octanol–water partition coefficient (Wildman–Crippen LogP) is 4.80. The molecule has 1 aliphatic carbocycles. The van der Waals surface area contributed by atoms with Gasteiger partial charge >= 0.3 is 0 Å². The van der Waals surface area contributed by atoms with Gasteiger partial charge in [0.25, 0.3) is 11.8 Å². The molecule has 1 saturated carbocycles. The number of amides is 3. The average molecular weight is 963 g/mol. The number of pyridine rings is 1. The molecule has 0 radical (unpaired) electrons. The van der Waals surface area contributed by atoms with Crippen molar-refractivity contribution in [2.24, 2.45) is 0 Å². The van der Waals surface area contributed by atoms with E-state index in [9.17, 15) is 14.4 Å². The van der Waals surface area contributed by atoms with E-state index in [1.165, 1.54) is 19.0 Å². The van der Waals surface area contributed by atoms with Crippen LogP contribution >= 0.6 is 23.2 Å². The van der Waals surface area contributed by atoms with E-state index in [1.54, 1.807) is 29.3 Å². The van der Waals surface area contributed by atoms with Crippen LogP contribution in [-0.2, 0) is 49.2 Å². The number of para-hydroxylation sites is 2. The molecule has 17 nitrogen and oxygen atoms in total. The number of anilines is 2. The number of halogens is 2. The molecule has 1 aliphatic heterocycles. The van der Waals surface area contributed by atoms with Crippen molar-refractivity contribution in [3.63, 3.8) is 0 Å². The Morgan fingerprint density at radius 2 is 1.20 bits per heavy atom. The zero-order valence-electron chi connectivity index (χ0n) is 38.6. The number of nitrogens with one attached hydrogen (secondary N) is 2. The highest BCUT2D eigenvalue weighted by Gasteiger charge is 2.36. The molecule has 66 heavy (non-hydrogen) atoms. The second-order valence-electron chi connectivity index (χ2n) is 16.7. The van der Waals surface area contributed by atoms with Crippen LogP contribution < -0.4 is 25.2 Å². The van der Waals surface area contributed by atoms with Crippen molar-refractivity contribution < 1.29 is 56.8 Å². The van der Waals surface area contributed by atoms with E-state index in [4.69, 9.17) is 61.1 Å². The Bertz CT molecular complexity index is 1950. The predicted molar refractivity (Wildman–Crippen MR) is 252 cm³/mol. The fourth-order valence-corrected chi connectivity index (χ4v) is 7.34. The first-order valence-electron chi connectivity index (χ1n) is 22.7. The second-order valence-corrected chi connectivity index (χ2v) is 17.5. The van der Waals surface area contributed by atoms with Gasteiger partial charge in [0.1, 0.15) is 17.1 Å². The third-order valence-corrected chi connectivity index (χ3v) is 10.9. The van der Waals surface area contributed by atoms with Crippen LogP contribution in [0.5, 0.6) is 11.5 Å². The average Bonchev–Trinajstić information content (AvgIpc) is 4.14. The second kappa shape index (κ2) is 28.9. The third-order valence-electron chi connectivity index (χ3n) is 10.2. The van der Waals surface area contributed by atoms with Gasteiger partial charge in [0.15, 0.2) is 6.54 Å². The monoisotopic (exact) mass is 961 g/mol. The van der Waals surface area contributed by atoms with Gasteiger partial charge in [-0.05, 0) is 49.1 Å². The lowest BCUT2D eigenvalue weighted by Crippen LogP contribution is -2.45. The molecule has 19 heteroatoms. The first-order valence-corrected chi connectivity index (χ1v) is 23.4. The van der Waals surface area contributed by atoms with Crippen molar-refractivity contribution in [1.82, 2.24) is 15.6 Å². The molecule has 0 unspecified atom stereocenters. The minimum Gasteiger partial charge on any atom is -0.455 e. The standard InChI is InChI=1S/C47H66Cl2N6O11/c1-55(2,3)35-46(57)52-15-19-60-21-23-62-25-27-64-29-31-65-30-28-63-26-24-61-22-20-59-18-14-51-45(56)11-8-36-32-40(49)44(33-39(36)48)66-43-12-13-50-34-38(43)47(58)54-17-16-53(37-9-10-37)41-6-4-5-7-42(41)54/h4-7,12-13,32-34,37H,8-11,14-31,35H2,1-3H3,(H-,51,52,56,57)/p+1. The highest BCUT2D eigenvalue weighted by molar-refractivity contribution is 6.34. The number of likely N-dealkylation sites (N-methyl/N-ethyl adjacent to an activating group) is 1. The molecule has 0 bridgehead atoms. The normalized spacial score (nSPS) is 13.7. The van der Waals surface area contributed by atoms with Crippen LogP contribution in [0.1, 0.15) is 35.2 Å². The molecule has 1 aromatic heterocycles. The number of quaternary nitrogens is 1. The number of ether oxygens (including phenoxy) is 8. The Balaban J connectivity index is 0.828. The van der Waals surface area contributed by atoms with Crippen LogP contribution in [0.3, 0.4) is 0 Å². The Labute approximate surface area is 398 Å². The summed E-state index contributed by atoms with van der Waals surface area (Å²) in [6.45, 7) is 8.71. The van der Waals surface area contributed by atoms with Gasteiger partial charge in [0.05, 0.1) is 130 Å². The van der Waals surface area contributed by atoms with Gasteiger partial charge in [-0.2, -0.15) is 0 Å². The molecular weight excluding hydrogens is 895 g/mol. The van der Waals surface area contributed by atoms with E-state index in [0.717, 1.165) is 17.9 Å². The fourth-order valence-electron chi connectivity index (χ4n) is 6.87. The maximum absolute atomic E-state index is 14.0. The number of rotatable bonds is 33. The molecule has 2 aliphatic rings. The van der Waals surface area contributed by atoms with Gasteiger partial charge in [-0.25, -0.2) is 0 Å².